The summed E-state index contributed by atoms with van der Waals surface area (Å²) < 4.78 is 1.55. The average molecular weight is 405 g/mol. The Balaban J connectivity index is 2.01. The minimum absolute atomic E-state index is 0.118. The number of carbonyl (C=O) groups excluding carboxylic acids is 1. The molecule has 1 fully saturated rings. The van der Waals surface area contributed by atoms with E-state index in [9.17, 15) is 9.59 Å². The van der Waals surface area contributed by atoms with Crippen LogP contribution in [-0.4, -0.2) is 23.5 Å². The Hall–Kier alpha value is -0.880. The molecule has 4 nitrogen and oxygen atoms in total. The third-order valence-corrected chi connectivity index (χ3v) is 4.92. The first-order valence-corrected chi connectivity index (χ1v) is 7.96. The van der Waals surface area contributed by atoms with Crippen molar-refractivity contribution in [2.45, 2.75) is 25.7 Å². The second-order valence-corrected chi connectivity index (χ2v) is 7.00. The number of rotatable bonds is 5. The standard InChI is InChI=1S/C14H15Br2NO3/c15-9-2-3-11(16)10(6-9)13(20)17-8-14(4-1-5-14)7-12(18)19/h2-3,6H,1,4-5,7-8H2,(H,17,20)(H,18,19). The van der Waals surface area contributed by atoms with Gasteiger partial charge in [0.2, 0.25) is 0 Å². The third-order valence-electron chi connectivity index (χ3n) is 3.74. The summed E-state index contributed by atoms with van der Waals surface area (Å²) in [7, 11) is 0. The molecule has 0 saturated heterocycles. The molecule has 0 heterocycles. The van der Waals surface area contributed by atoms with Crippen LogP contribution < -0.4 is 5.32 Å². The van der Waals surface area contributed by atoms with E-state index in [1.54, 1.807) is 12.1 Å². The van der Waals surface area contributed by atoms with Gasteiger partial charge in [0.05, 0.1) is 12.0 Å². The first-order valence-electron chi connectivity index (χ1n) is 6.37. The fraction of sp³-hybridized carbons (Fsp3) is 0.429. The molecular formula is C14H15Br2NO3. The van der Waals surface area contributed by atoms with Crippen LogP contribution in [0.3, 0.4) is 0 Å². The summed E-state index contributed by atoms with van der Waals surface area (Å²) in [6, 6.07) is 5.39. The molecule has 2 N–H and O–H groups in total. The molecule has 20 heavy (non-hydrogen) atoms. The van der Waals surface area contributed by atoms with E-state index in [0.29, 0.717) is 12.1 Å². The number of carboxylic acid groups (broad SMARTS) is 1. The SMILES string of the molecule is O=C(O)CC1(CNC(=O)c2cc(Br)ccc2Br)CCC1. The first-order chi connectivity index (χ1) is 9.42. The van der Waals surface area contributed by atoms with Crippen molar-refractivity contribution in [2.24, 2.45) is 5.41 Å². The number of carboxylic acids is 1. The van der Waals surface area contributed by atoms with E-state index in [4.69, 9.17) is 5.11 Å². The Labute approximate surface area is 134 Å². The largest absolute Gasteiger partial charge is 0.481 e. The van der Waals surface area contributed by atoms with Gasteiger partial charge in [0, 0.05) is 15.5 Å². The molecule has 1 aromatic rings. The Bertz CT molecular complexity index is 541. The van der Waals surface area contributed by atoms with Crippen molar-refractivity contribution in [3.63, 3.8) is 0 Å². The molecule has 0 aliphatic heterocycles. The molecule has 1 aliphatic rings. The van der Waals surface area contributed by atoms with Gasteiger partial charge in [-0.2, -0.15) is 0 Å². The molecule has 0 spiro atoms. The second-order valence-electron chi connectivity index (χ2n) is 5.23. The number of halogens is 2. The van der Waals surface area contributed by atoms with Crippen LogP contribution in [0.2, 0.25) is 0 Å². The van der Waals surface area contributed by atoms with Crippen LogP contribution in [0.25, 0.3) is 0 Å². The molecule has 108 valence electrons. The molecule has 0 atom stereocenters. The van der Waals surface area contributed by atoms with Crippen molar-refractivity contribution < 1.29 is 14.7 Å². The van der Waals surface area contributed by atoms with Gasteiger partial charge in [-0.1, -0.05) is 22.4 Å². The summed E-state index contributed by atoms with van der Waals surface area (Å²) in [5.41, 5.74) is 0.282. The van der Waals surface area contributed by atoms with Gasteiger partial charge in [0.15, 0.2) is 0 Å². The summed E-state index contributed by atoms with van der Waals surface area (Å²) >= 11 is 6.68. The maximum absolute atomic E-state index is 12.2. The maximum Gasteiger partial charge on any atom is 0.303 e. The zero-order chi connectivity index (χ0) is 14.8. The lowest BCUT2D eigenvalue weighted by Gasteiger charge is -2.40. The number of amides is 1. The molecule has 1 amide bonds. The predicted molar refractivity (Wildman–Crippen MR) is 82.7 cm³/mol. The molecular weight excluding hydrogens is 390 g/mol. The molecule has 0 radical (unpaired) electrons. The smallest absolute Gasteiger partial charge is 0.303 e. The van der Waals surface area contributed by atoms with Crippen molar-refractivity contribution in [3.05, 3.63) is 32.7 Å². The minimum Gasteiger partial charge on any atom is -0.481 e. The molecule has 0 unspecified atom stereocenters. The fourth-order valence-electron chi connectivity index (χ4n) is 2.45. The van der Waals surface area contributed by atoms with E-state index in [2.05, 4.69) is 37.2 Å². The minimum atomic E-state index is -0.803. The monoisotopic (exact) mass is 403 g/mol. The van der Waals surface area contributed by atoms with E-state index in [-0.39, 0.29) is 17.7 Å². The molecule has 6 heteroatoms. The first kappa shape index (κ1) is 15.5. The lowest BCUT2D eigenvalue weighted by Crippen LogP contribution is -2.43. The van der Waals surface area contributed by atoms with E-state index in [0.717, 1.165) is 28.2 Å². The molecule has 2 rings (SSSR count). The summed E-state index contributed by atoms with van der Waals surface area (Å²) in [5.74, 6) is -0.988. The van der Waals surface area contributed by atoms with Gasteiger partial charge < -0.3 is 10.4 Å². The topological polar surface area (TPSA) is 66.4 Å². The van der Waals surface area contributed by atoms with E-state index in [1.807, 2.05) is 6.07 Å². The summed E-state index contributed by atoms with van der Waals surface area (Å²) in [5, 5.41) is 11.8. The zero-order valence-electron chi connectivity index (χ0n) is 10.8. The van der Waals surface area contributed by atoms with E-state index in [1.165, 1.54) is 0 Å². The Kier molecular flexibility index (Phi) is 4.86. The quantitative estimate of drug-likeness (QED) is 0.787. The van der Waals surface area contributed by atoms with Crippen molar-refractivity contribution >= 4 is 43.7 Å². The van der Waals surface area contributed by atoms with Crippen LogP contribution in [0.4, 0.5) is 0 Å². The highest BCUT2D eigenvalue weighted by atomic mass is 79.9. The van der Waals surface area contributed by atoms with E-state index >= 15 is 0 Å². The van der Waals surface area contributed by atoms with Gasteiger partial charge in [-0.05, 0) is 52.4 Å². The molecule has 0 aromatic heterocycles. The number of hydrogen-bond donors (Lipinski definition) is 2. The van der Waals surface area contributed by atoms with Crippen LogP contribution in [0, 0.1) is 5.41 Å². The number of benzene rings is 1. The van der Waals surface area contributed by atoms with Crippen LogP contribution in [0.5, 0.6) is 0 Å². The Morgan fingerprint density at radius 3 is 2.55 bits per heavy atom. The maximum atomic E-state index is 12.2. The van der Waals surface area contributed by atoms with Crippen molar-refractivity contribution in [1.82, 2.24) is 5.32 Å². The highest BCUT2D eigenvalue weighted by Crippen LogP contribution is 2.43. The summed E-state index contributed by atoms with van der Waals surface area (Å²) in [6.07, 6.45) is 2.87. The molecule has 0 bridgehead atoms. The number of aliphatic carboxylic acids is 1. The van der Waals surface area contributed by atoms with Crippen molar-refractivity contribution in [2.75, 3.05) is 6.54 Å². The fourth-order valence-corrected chi connectivity index (χ4v) is 3.24. The van der Waals surface area contributed by atoms with E-state index < -0.39 is 5.97 Å². The van der Waals surface area contributed by atoms with Crippen LogP contribution >= 0.6 is 31.9 Å². The number of carbonyl (C=O) groups is 2. The number of nitrogens with one attached hydrogen (secondary N) is 1. The molecule has 1 aromatic carbocycles. The second kappa shape index (κ2) is 6.26. The van der Waals surface area contributed by atoms with Gasteiger partial charge in [-0.15, -0.1) is 0 Å². The van der Waals surface area contributed by atoms with Crippen LogP contribution in [0.15, 0.2) is 27.1 Å². The van der Waals surface area contributed by atoms with Gasteiger partial charge in [0.1, 0.15) is 0 Å². The normalized spacial score (nSPS) is 16.3. The lowest BCUT2D eigenvalue weighted by atomic mass is 9.66. The van der Waals surface area contributed by atoms with Gasteiger partial charge >= 0.3 is 5.97 Å². The van der Waals surface area contributed by atoms with Crippen LogP contribution in [0.1, 0.15) is 36.0 Å². The molecule has 1 aliphatic carbocycles. The highest BCUT2D eigenvalue weighted by Gasteiger charge is 2.39. The highest BCUT2D eigenvalue weighted by molar-refractivity contribution is 9.11. The Morgan fingerprint density at radius 1 is 1.30 bits per heavy atom. The summed E-state index contributed by atoms with van der Waals surface area (Å²) in [4.78, 5) is 23.1. The van der Waals surface area contributed by atoms with Crippen molar-refractivity contribution in [1.29, 1.82) is 0 Å². The van der Waals surface area contributed by atoms with Gasteiger partial charge in [-0.25, -0.2) is 0 Å². The average Bonchev–Trinajstić information content (AvgIpc) is 2.34. The Morgan fingerprint density at radius 2 is 2.00 bits per heavy atom. The van der Waals surface area contributed by atoms with Gasteiger partial charge in [-0.3, -0.25) is 9.59 Å². The lowest BCUT2D eigenvalue weighted by molar-refractivity contribution is -0.141. The molecule has 1 saturated carbocycles. The summed E-state index contributed by atoms with van der Waals surface area (Å²) in [6.45, 7) is 0.414. The zero-order valence-corrected chi connectivity index (χ0v) is 14.0. The number of hydrogen-bond acceptors (Lipinski definition) is 2. The van der Waals surface area contributed by atoms with Crippen LogP contribution in [-0.2, 0) is 4.79 Å². The third kappa shape index (κ3) is 3.61. The van der Waals surface area contributed by atoms with Gasteiger partial charge in [0.25, 0.3) is 5.91 Å². The van der Waals surface area contributed by atoms with Crippen molar-refractivity contribution in [3.8, 4) is 0 Å². The predicted octanol–water partition coefficient (Wildman–Crippen LogP) is 3.59.